The molecule has 0 heterocycles. The molecule has 0 aliphatic carbocycles. The van der Waals surface area contributed by atoms with Gasteiger partial charge in [-0.2, -0.15) is 0 Å². The second kappa shape index (κ2) is 8.23. The van der Waals surface area contributed by atoms with Crippen LogP contribution in [0.25, 0.3) is 0 Å². The molecular weight excluding hydrogens is 342 g/mol. The van der Waals surface area contributed by atoms with Crippen LogP contribution in [0.3, 0.4) is 0 Å². The number of carbonyl (C=O) groups excluding carboxylic acids is 1. The number of amides is 1. The average Bonchev–Trinajstić information content (AvgIpc) is 2.65. The summed E-state index contributed by atoms with van der Waals surface area (Å²) in [6.07, 6.45) is 0. The molecule has 5 nitrogen and oxygen atoms in total. The molecule has 1 N–H and O–H groups in total. The molecule has 134 valence electrons. The fourth-order valence-electron chi connectivity index (χ4n) is 2.44. The third kappa shape index (κ3) is 4.44. The summed E-state index contributed by atoms with van der Waals surface area (Å²) in [5.74, 6) is 0.803. The van der Waals surface area contributed by atoms with Gasteiger partial charge in [-0.25, -0.2) is 0 Å². The van der Waals surface area contributed by atoms with E-state index in [1.807, 2.05) is 25.1 Å². The van der Waals surface area contributed by atoms with Gasteiger partial charge in [0, 0.05) is 18.2 Å². The van der Waals surface area contributed by atoms with E-state index < -0.39 is 5.60 Å². The van der Waals surface area contributed by atoms with Crippen molar-refractivity contribution in [1.29, 1.82) is 0 Å². The minimum absolute atomic E-state index is 0.259. The van der Waals surface area contributed by atoms with E-state index in [1.165, 1.54) is 7.11 Å². The highest BCUT2D eigenvalue weighted by Gasteiger charge is 2.28. The van der Waals surface area contributed by atoms with Gasteiger partial charge in [0.15, 0.2) is 0 Å². The minimum atomic E-state index is -0.708. The lowest BCUT2D eigenvalue weighted by atomic mass is 9.95. The van der Waals surface area contributed by atoms with E-state index in [9.17, 15) is 4.79 Å². The molecular formula is C19H22ClNO4. The van der Waals surface area contributed by atoms with Crippen LogP contribution in [0.5, 0.6) is 11.5 Å². The lowest BCUT2D eigenvalue weighted by Crippen LogP contribution is -2.40. The van der Waals surface area contributed by atoms with Crippen molar-refractivity contribution in [2.75, 3.05) is 27.9 Å². The zero-order valence-corrected chi connectivity index (χ0v) is 15.5. The first-order chi connectivity index (χ1) is 11.9. The van der Waals surface area contributed by atoms with Crippen LogP contribution in [0.4, 0.5) is 0 Å². The van der Waals surface area contributed by atoms with Gasteiger partial charge in [-0.05, 0) is 36.8 Å². The molecule has 2 aromatic rings. The zero-order valence-electron chi connectivity index (χ0n) is 14.8. The first-order valence-corrected chi connectivity index (χ1v) is 8.12. The van der Waals surface area contributed by atoms with Gasteiger partial charge in [-0.3, -0.25) is 4.79 Å². The summed E-state index contributed by atoms with van der Waals surface area (Å²) in [5, 5.41) is 3.51. The van der Waals surface area contributed by atoms with E-state index in [2.05, 4.69) is 5.32 Å². The number of hydrogen-bond acceptors (Lipinski definition) is 4. The molecule has 0 aromatic heterocycles. The van der Waals surface area contributed by atoms with Crippen molar-refractivity contribution in [3.8, 4) is 11.5 Å². The lowest BCUT2D eigenvalue weighted by Gasteiger charge is -2.29. The highest BCUT2D eigenvalue weighted by atomic mass is 35.5. The Hall–Kier alpha value is -2.24. The number of ether oxygens (including phenoxy) is 3. The molecule has 2 rings (SSSR count). The van der Waals surface area contributed by atoms with Gasteiger partial charge in [-0.15, -0.1) is 0 Å². The van der Waals surface area contributed by atoms with Gasteiger partial charge in [0.25, 0.3) is 5.91 Å². The Kier molecular flexibility index (Phi) is 6.28. The van der Waals surface area contributed by atoms with Gasteiger partial charge in [-0.1, -0.05) is 23.7 Å². The van der Waals surface area contributed by atoms with Crippen LogP contribution < -0.4 is 14.8 Å². The second-order valence-electron chi connectivity index (χ2n) is 5.69. The summed E-state index contributed by atoms with van der Waals surface area (Å²) < 4.78 is 16.1. The van der Waals surface area contributed by atoms with Crippen molar-refractivity contribution in [3.63, 3.8) is 0 Å². The summed E-state index contributed by atoms with van der Waals surface area (Å²) in [4.78, 5) is 12.6. The van der Waals surface area contributed by atoms with Gasteiger partial charge in [0.2, 0.25) is 0 Å². The number of rotatable bonds is 7. The van der Waals surface area contributed by atoms with E-state index in [0.717, 1.165) is 5.56 Å². The molecule has 1 atom stereocenters. The van der Waals surface area contributed by atoms with Crippen LogP contribution in [0.15, 0.2) is 42.5 Å². The molecule has 0 radical (unpaired) electrons. The smallest absolute Gasteiger partial charge is 0.255 e. The predicted molar refractivity (Wildman–Crippen MR) is 97.7 cm³/mol. The van der Waals surface area contributed by atoms with E-state index in [1.54, 1.807) is 38.5 Å². The van der Waals surface area contributed by atoms with Crippen molar-refractivity contribution >= 4 is 17.5 Å². The topological polar surface area (TPSA) is 56.8 Å². The van der Waals surface area contributed by atoms with Crippen molar-refractivity contribution in [1.82, 2.24) is 5.32 Å². The number of methoxy groups -OCH3 is 3. The average molecular weight is 364 g/mol. The van der Waals surface area contributed by atoms with Gasteiger partial charge in [0.05, 0.1) is 26.3 Å². The summed E-state index contributed by atoms with van der Waals surface area (Å²) in [5.41, 5.74) is 0.595. The maximum absolute atomic E-state index is 12.6. The Bertz CT molecular complexity index is 750. The number of benzene rings is 2. The van der Waals surface area contributed by atoms with E-state index in [4.69, 9.17) is 25.8 Å². The fraction of sp³-hybridized carbons (Fsp3) is 0.316. The molecule has 2 aromatic carbocycles. The molecule has 1 unspecified atom stereocenters. The van der Waals surface area contributed by atoms with Gasteiger partial charge in [0.1, 0.15) is 17.1 Å². The molecule has 6 heteroatoms. The molecule has 0 spiro atoms. The quantitative estimate of drug-likeness (QED) is 0.815. The van der Waals surface area contributed by atoms with E-state index >= 15 is 0 Å². The Morgan fingerprint density at radius 1 is 1.12 bits per heavy atom. The lowest BCUT2D eigenvalue weighted by molar-refractivity contribution is 0.00313. The Balaban J connectivity index is 2.17. The molecule has 1 amide bonds. The monoisotopic (exact) mass is 363 g/mol. The van der Waals surface area contributed by atoms with Crippen LogP contribution in [0.2, 0.25) is 5.02 Å². The van der Waals surface area contributed by atoms with E-state index in [-0.39, 0.29) is 12.5 Å². The summed E-state index contributed by atoms with van der Waals surface area (Å²) >= 11 is 6.06. The molecule has 0 saturated carbocycles. The summed E-state index contributed by atoms with van der Waals surface area (Å²) in [6.45, 7) is 2.17. The first kappa shape index (κ1) is 19.1. The molecule has 25 heavy (non-hydrogen) atoms. The largest absolute Gasteiger partial charge is 0.497 e. The van der Waals surface area contributed by atoms with Gasteiger partial charge >= 0.3 is 0 Å². The highest BCUT2D eigenvalue weighted by Crippen LogP contribution is 2.27. The Morgan fingerprint density at radius 3 is 2.48 bits per heavy atom. The standard InChI is InChI=1S/C19H22ClNO4/c1-19(25-4,13-6-5-7-14(20)10-13)12-21-18(22)16-9-8-15(23-2)11-17(16)24-3/h5-11H,12H2,1-4H3,(H,21,22). The molecule has 0 bridgehead atoms. The minimum Gasteiger partial charge on any atom is -0.497 e. The highest BCUT2D eigenvalue weighted by molar-refractivity contribution is 6.30. The second-order valence-corrected chi connectivity index (χ2v) is 6.13. The van der Waals surface area contributed by atoms with Crippen LogP contribution in [0, 0.1) is 0 Å². The molecule has 0 saturated heterocycles. The van der Waals surface area contributed by atoms with Crippen LogP contribution in [-0.2, 0) is 10.3 Å². The fourth-order valence-corrected chi connectivity index (χ4v) is 2.63. The number of carbonyl (C=O) groups is 1. The third-order valence-corrected chi connectivity index (χ3v) is 4.36. The summed E-state index contributed by atoms with van der Waals surface area (Å²) in [7, 11) is 4.67. The number of hydrogen-bond donors (Lipinski definition) is 1. The third-order valence-electron chi connectivity index (χ3n) is 4.13. The number of halogens is 1. The van der Waals surface area contributed by atoms with Crippen molar-refractivity contribution in [2.45, 2.75) is 12.5 Å². The number of nitrogens with one attached hydrogen (secondary N) is 1. The Labute approximate surface area is 152 Å². The normalized spacial score (nSPS) is 13.0. The van der Waals surface area contributed by atoms with Crippen LogP contribution >= 0.6 is 11.6 Å². The van der Waals surface area contributed by atoms with Gasteiger partial charge < -0.3 is 19.5 Å². The van der Waals surface area contributed by atoms with E-state index in [0.29, 0.717) is 22.1 Å². The first-order valence-electron chi connectivity index (χ1n) is 7.75. The van der Waals surface area contributed by atoms with Crippen LogP contribution in [0.1, 0.15) is 22.8 Å². The SMILES string of the molecule is COc1ccc(C(=O)NCC(C)(OC)c2cccc(Cl)c2)c(OC)c1. The van der Waals surface area contributed by atoms with Crippen molar-refractivity contribution in [3.05, 3.63) is 58.6 Å². The maximum atomic E-state index is 12.6. The van der Waals surface area contributed by atoms with Crippen molar-refractivity contribution in [2.24, 2.45) is 0 Å². The zero-order chi connectivity index (χ0) is 18.4. The summed E-state index contributed by atoms with van der Waals surface area (Å²) in [6, 6.07) is 12.4. The van der Waals surface area contributed by atoms with Crippen LogP contribution in [-0.4, -0.2) is 33.8 Å². The molecule has 0 aliphatic rings. The molecule has 0 fully saturated rings. The predicted octanol–water partition coefficient (Wildman–Crippen LogP) is 3.65. The van der Waals surface area contributed by atoms with Crippen molar-refractivity contribution < 1.29 is 19.0 Å². The molecule has 0 aliphatic heterocycles. The maximum Gasteiger partial charge on any atom is 0.255 e. The Morgan fingerprint density at radius 2 is 1.88 bits per heavy atom.